The van der Waals surface area contributed by atoms with E-state index in [1.54, 1.807) is 10.9 Å². The van der Waals surface area contributed by atoms with Crippen molar-refractivity contribution in [2.75, 3.05) is 31.7 Å². The first-order chi connectivity index (χ1) is 10.3. The summed E-state index contributed by atoms with van der Waals surface area (Å²) in [5.74, 6) is 1.45. The minimum Gasteiger partial charge on any atom is -0.379 e. The second-order valence-corrected chi connectivity index (χ2v) is 4.69. The zero-order chi connectivity index (χ0) is 15.1. The molecular formula is C14H23N5O2. The molecule has 0 aromatic carbocycles. The van der Waals surface area contributed by atoms with Gasteiger partial charge < -0.3 is 14.8 Å². The molecule has 0 bridgehead atoms. The Bertz CT molecular complexity index is 570. The third-order valence-corrected chi connectivity index (χ3v) is 2.93. The minimum absolute atomic E-state index is 0.370. The maximum atomic E-state index is 5.56. The van der Waals surface area contributed by atoms with Crippen molar-refractivity contribution in [3.05, 3.63) is 12.0 Å². The van der Waals surface area contributed by atoms with E-state index in [4.69, 9.17) is 9.47 Å². The molecule has 0 spiro atoms. The third kappa shape index (κ3) is 4.12. The van der Waals surface area contributed by atoms with Gasteiger partial charge in [-0.3, -0.25) is 4.68 Å². The van der Waals surface area contributed by atoms with E-state index >= 15 is 0 Å². The Balaban J connectivity index is 2.00. The lowest BCUT2D eigenvalue weighted by Gasteiger charge is -2.08. The molecule has 0 unspecified atom stereocenters. The molecule has 0 aliphatic carbocycles. The first-order valence-electron chi connectivity index (χ1n) is 7.34. The highest BCUT2D eigenvalue weighted by atomic mass is 16.5. The summed E-state index contributed by atoms with van der Waals surface area (Å²) in [7, 11) is 1.87. The fourth-order valence-corrected chi connectivity index (χ4v) is 1.96. The first kappa shape index (κ1) is 15.7. The van der Waals surface area contributed by atoms with Crippen molar-refractivity contribution >= 4 is 16.9 Å². The van der Waals surface area contributed by atoms with Gasteiger partial charge in [0.15, 0.2) is 11.5 Å². The number of nitrogens with one attached hydrogen (secondary N) is 1. The number of nitrogens with zero attached hydrogens (tertiary/aromatic N) is 4. The van der Waals surface area contributed by atoms with Gasteiger partial charge in [-0.25, -0.2) is 9.97 Å². The molecule has 2 rings (SSSR count). The molecule has 116 valence electrons. The van der Waals surface area contributed by atoms with Gasteiger partial charge in [0.1, 0.15) is 12.4 Å². The number of aromatic nitrogens is 4. The standard InChI is InChI=1S/C14H23N5O2/c1-4-6-20-7-8-21-10-12-17-13(15-5-2)11-9-16-19(3)14(11)18-12/h9H,4-8,10H2,1-3H3,(H,15,17,18). The van der Waals surface area contributed by atoms with Crippen LogP contribution in [-0.4, -0.2) is 46.1 Å². The van der Waals surface area contributed by atoms with Crippen LogP contribution in [0.4, 0.5) is 5.82 Å². The Kier molecular flexibility index (Phi) is 5.89. The zero-order valence-electron chi connectivity index (χ0n) is 12.9. The number of hydrogen-bond donors (Lipinski definition) is 1. The van der Waals surface area contributed by atoms with Gasteiger partial charge in [-0.15, -0.1) is 0 Å². The number of anilines is 1. The highest BCUT2D eigenvalue weighted by Gasteiger charge is 2.10. The molecule has 2 aromatic rings. The highest BCUT2D eigenvalue weighted by molar-refractivity contribution is 5.86. The fraction of sp³-hybridized carbons (Fsp3) is 0.643. The van der Waals surface area contributed by atoms with Gasteiger partial charge in [-0.2, -0.15) is 5.10 Å². The van der Waals surface area contributed by atoms with Crippen molar-refractivity contribution in [1.82, 2.24) is 19.7 Å². The molecule has 2 heterocycles. The van der Waals surface area contributed by atoms with Crippen molar-refractivity contribution in [2.45, 2.75) is 26.9 Å². The molecule has 0 amide bonds. The van der Waals surface area contributed by atoms with Crippen molar-refractivity contribution in [2.24, 2.45) is 7.05 Å². The van der Waals surface area contributed by atoms with E-state index in [-0.39, 0.29) is 0 Å². The second kappa shape index (κ2) is 7.90. The average molecular weight is 293 g/mol. The first-order valence-corrected chi connectivity index (χ1v) is 7.34. The van der Waals surface area contributed by atoms with Crippen molar-refractivity contribution < 1.29 is 9.47 Å². The molecule has 0 atom stereocenters. The Labute approximate surface area is 124 Å². The van der Waals surface area contributed by atoms with E-state index < -0.39 is 0 Å². The molecule has 1 N–H and O–H groups in total. The summed E-state index contributed by atoms with van der Waals surface area (Å²) >= 11 is 0. The van der Waals surface area contributed by atoms with Crippen LogP contribution in [0.3, 0.4) is 0 Å². The molecule has 0 saturated heterocycles. The van der Waals surface area contributed by atoms with Crippen LogP contribution in [-0.2, 0) is 23.1 Å². The van der Waals surface area contributed by atoms with Gasteiger partial charge >= 0.3 is 0 Å². The maximum Gasteiger partial charge on any atom is 0.163 e. The Morgan fingerprint density at radius 2 is 1.95 bits per heavy atom. The van der Waals surface area contributed by atoms with Crippen molar-refractivity contribution in [3.8, 4) is 0 Å². The predicted molar refractivity (Wildman–Crippen MR) is 81.2 cm³/mol. The van der Waals surface area contributed by atoms with Gasteiger partial charge in [0.2, 0.25) is 0 Å². The molecule has 0 radical (unpaired) electrons. The van der Waals surface area contributed by atoms with Crippen LogP contribution in [0.15, 0.2) is 6.20 Å². The van der Waals surface area contributed by atoms with Crippen LogP contribution in [0.5, 0.6) is 0 Å². The Morgan fingerprint density at radius 1 is 1.14 bits per heavy atom. The summed E-state index contributed by atoms with van der Waals surface area (Å²) in [6, 6.07) is 0. The summed E-state index contributed by atoms with van der Waals surface area (Å²) in [5.41, 5.74) is 0.807. The van der Waals surface area contributed by atoms with Gasteiger partial charge in [-0.1, -0.05) is 6.92 Å². The lowest BCUT2D eigenvalue weighted by atomic mass is 10.3. The lowest BCUT2D eigenvalue weighted by molar-refractivity contribution is 0.0386. The number of ether oxygens (including phenoxy) is 2. The van der Waals surface area contributed by atoms with E-state index in [1.807, 2.05) is 14.0 Å². The molecule has 21 heavy (non-hydrogen) atoms. The normalized spacial score (nSPS) is 11.2. The van der Waals surface area contributed by atoms with Crippen molar-refractivity contribution in [3.63, 3.8) is 0 Å². The van der Waals surface area contributed by atoms with E-state index in [0.29, 0.717) is 25.6 Å². The quantitative estimate of drug-likeness (QED) is 0.710. The van der Waals surface area contributed by atoms with E-state index in [9.17, 15) is 0 Å². The average Bonchev–Trinajstić information content (AvgIpc) is 2.85. The lowest BCUT2D eigenvalue weighted by Crippen LogP contribution is -2.09. The number of hydrogen-bond acceptors (Lipinski definition) is 6. The Morgan fingerprint density at radius 3 is 2.71 bits per heavy atom. The fourth-order valence-electron chi connectivity index (χ4n) is 1.96. The number of rotatable bonds is 9. The molecule has 7 heteroatoms. The summed E-state index contributed by atoms with van der Waals surface area (Å²) < 4.78 is 12.7. The summed E-state index contributed by atoms with van der Waals surface area (Å²) in [5, 5.41) is 8.39. The highest BCUT2D eigenvalue weighted by Crippen LogP contribution is 2.19. The van der Waals surface area contributed by atoms with E-state index in [2.05, 4.69) is 27.3 Å². The predicted octanol–water partition coefficient (Wildman–Crippen LogP) is 1.74. The van der Waals surface area contributed by atoms with Crippen LogP contribution >= 0.6 is 0 Å². The minimum atomic E-state index is 0.370. The largest absolute Gasteiger partial charge is 0.379 e. The third-order valence-electron chi connectivity index (χ3n) is 2.93. The van der Waals surface area contributed by atoms with E-state index in [0.717, 1.165) is 36.4 Å². The summed E-state index contributed by atoms with van der Waals surface area (Å²) in [6.07, 6.45) is 2.79. The molecule has 7 nitrogen and oxygen atoms in total. The molecule has 0 aliphatic heterocycles. The van der Waals surface area contributed by atoms with Crippen LogP contribution in [0, 0.1) is 0 Å². The van der Waals surface area contributed by atoms with Crippen LogP contribution < -0.4 is 5.32 Å². The molecular weight excluding hydrogens is 270 g/mol. The smallest absolute Gasteiger partial charge is 0.163 e. The molecule has 0 aliphatic rings. The molecule has 0 saturated carbocycles. The molecule has 0 fully saturated rings. The van der Waals surface area contributed by atoms with Crippen LogP contribution in [0.1, 0.15) is 26.1 Å². The monoisotopic (exact) mass is 293 g/mol. The topological polar surface area (TPSA) is 74.1 Å². The van der Waals surface area contributed by atoms with Crippen LogP contribution in [0.25, 0.3) is 11.0 Å². The maximum absolute atomic E-state index is 5.56. The van der Waals surface area contributed by atoms with Gasteiger partial charge in [0.25, 0.3) is 0 Å². The SMILES string of the molecule is CCCOCCOCc1nc(NCC)c2cnn(C)c2n1. The van der Waals surface area contributed by atoms with Gasteiger partial charge in [0, 0.05) is 20.2 Å². The molecule has 2 aromatic heterocycles. The summed E-state index contributed by atoms with van der Waals surface area (Å²) in [6.45, 7) is 7.20. The van der Waals surface area contributed by atoms with Gasteiger partial charge in [-0.05, 0) is 13.3 Å². The van der Waals surface area contributed by atoms with E-state index in [1.165, 1.54) is 0 Å². The number of fused-ring (bicyclic) bond motifs is 1. The number of aryl methyl sites for hydroxylation is 1. The van der Waals surface area contributed by atoms with Crippen molar-refractivity contribution in [1.29, 1.82) is 0 Å². The zero-order valence-corrected chi connectivity index (χ0v) is 12.9. The van der Waals surface area contributed by atoms with Crippen LogP contribution in [0.2, 0.25) is 0 Å². The van der Waals surface area contributed by atoms with Gasteiger partial charge in [0.05, 0.1) is 24.8 Å². The second-order valence-electron chi connectivity index (χ2n) is 4.69. The summed E-state index contributed by atoms with van der Waals surface area (Å²) in [4.78, 5) is 8.99. The Hall–Kier alpha value is -1.73.